The number of hydrazone groups is 1. The summed E-state index contributed by atoms with van der Waals surface area (Å²) in [6.07, 6.45) is 1.59. The Balaban J connectivity index is 1.51. The van der Waals surface area contributed by atoms with Crippen LogP contribution in [0.15, 0.2) is 56.4 Å². The van der Waals surface area contributed by atoms with Crippen molar-refractivity contribution in [2.75, 3.05) is 12.9 Å². The van der Waals surface area contributed by atoms with Crippen LogP contribution < -0.4 is 10.2 Å². The Bertz CT molecular complexity index is 894. The molecule has 1 N–H and O–H groups in total. The van der Waals surface area contributed by atoms with Gasteiger partial charge in [-0.3, -0.25) is 4.79 Å². The number of carbonyl (C=O) groups is 1. The smallest absolute Gasteiger partial charge is 0.250 e. The van der Waals surface area contributed by atoms with Crippen molar-refractivity contribution in [2.24, 2.45) is 5.10 Å². The number of rotatable bonds is 6. The van der Waals surface area contributed by atoms with Crippen LogP contribution in [0, 0.1) is 0 Å². The molecule has 2 aromatic carbocycles. The quantitative estimate of drug-likeness (QED) is 0.355. The number of nitrogens with one attached hydrogen (secondary N) is 1. The lowest BCUT2D eigenvalue weighted by Crippen LogP contribution is -2.19. The predicted molar refractivity (Wildman–Crippen MR) is 107 cm³/mol. The molecule has 8 heteroatoms. The molecule has 25 heavy (non-hydrogen) atoms. The van der Waals surface area contributed by atoms with E-state index in [1.54, 1.807) is 24.7 Å². The van der Waals surface area contributed by atoms with Crippen molar-refractivity contribution < 1.29 is 9.53 Å². The van der Waals surface area contributed by atoms with E-state index in [0.29, 0.717) is 0 Å². The summed E-state index contributed by atoms with van der Waals surface area (Å²) < 4.78 is 7.99. The van der Waals surface area contributed by atoms with Gasteiger partial charge in [-0.1, -0.05) is 23.9 Å². The van der Waals surface area contributed by atoms with Crippen LogP contribution in [0.3, 0.4) is 0 Å². The molecule has 1 heterocycles. The Morgan fingerprint density at radius 1 is 1.40 bits per heavy atom. The van der Waals surface area contributed by atoms with Gasteiger partial charge in [-0.05, 0) is 51.8 Å². The number of fused-ring (bicyclic) bond motifs is 1. The third kappa shape index (κ3) is 4.81. The molecule has 0 bridgehead atoms. The molecule has 0 atom stereocenters. The molecule has 5 nitrogen and oxygen atoms in total. The third-order valence-corrected chi connectivity index (χ3v) is 5.98. The number of ether oxygens (including phenoxy) is 1. The van der Waals surface area contributed by atoms with E-state index >= 15 is 0 Å². The zero-order valence-corrected chi connectivity index (χ0v) is 16.5. The summed E-state index contributed by atoms with van der Waals surface area (Å²) in [5, 5.41) is 3.98. The average Bonchev–Trinajstić information content (AvgIpc) is 3.03. The van der Waals surface area contributed by atoms with Crippen LogP contribution in [-0.4, -0.2) is 30.0 Å². The van der Waals surface area contributed by atoms with Crippen molar-refractivity contribution in [3.8, 4) is 5.75 Å². The number of thioether (sulfide) groups is 1. The van der Waals surface area contributed by atoms with Gasteiger partial charge in [0.15, 0.2) is 4.34 Å². The Morgan fingerprint density at radius 3 is 3.00 bits per heavy atom. The molecule has 128 valence electrons. The number of thiazole rings is 1. The molecule has 0 saturated carbocycles. The van der Waals surface area contributed by atoms with Gasteiger partial charge in [-0.15, -0.1) is 11.3 Å². The number of aromatic nitrogens is 1. The summed E-state index contributed by atoms with van der Waals surface area (Å²) in [7, 11) is 1.61. The highest BCUT2D eigenvalue weighted by Gasteiger charge is 2.07. The van der Waals surface area contributed by atoms with Gasteiger partial charge >= 0.3 is 0 Å². The lowest BCUT2D eigenvalue weighted by atomic mass is 10.2. The SMILES string of the molecule is COc1ccc(C=NNC(=O)CSc2nc3ccccc3s2)cc1Br. The molecule has 0 unspecified atom stereocenters. The molecule has 1 aromatic heterocycles. The largest absolute Gasteiger partial charge is 0.496 e. The fourth-order valence-corrected chi connectivity index (χ4v) is 4.43. The van der Waals surface area contributed by atoms with Crippen molar-refractivity contribution in [1.29, 1.82) is 0 Å². The second-order valence-electron chi connectivity index (χ2n) is 4.92. The highest BCUT2D eigenvalue weighted by molar-refractivity contribution is 9.10. The first-order valence-corrected chi connectivity index (χ1v) is 9.89. The minimum Gasteiger partial charge on any atom is -0.496 e. The van der Waals surface area contributed by atoms with Gasteiger partial charge in [0.25, 0.3) is 5.91 Å². The third-order valence-electron chi connectivity index (χ3n) is 3.18. The molecule has 0 aliphatic rings. The summed E-state index contributed by atoms with van der Waals surface area (Å²) in [5.41, 5.74) is 4.33. The number of nitrogens with zero attached hydrogens (tertiary/aromatic N) is 2. The summed E-state index contributed by atoms with van der Waals surface area (Å²) in [4.78, 5) is 16.4. The van der Waals surface area contributed by atoms with E-state index in [0.717, 1.165) is 30.3 Å². The normalized spacial score (nSPS) is 11.1. The van der Waals surface area contributed by atoms with Gasteiger partial charge in [0.1, 0.15) is 5.75 Å². The van der Waals surface area contributed by atoms with Crippen molar-refractivity contribution in [1.82, 2.24) is 10.4 Å². The first-order chi connectivity index (χ1) is 12.2. The number of hydrogen-bond donors (Lipinski definition) is 1. The van der Waals surface area contributed by atoms with Crippen molar-refractivity contribution in [3.63, 3.8) is 0 Å². The van der Waals surface area contributed by atoms with Gasteiger partial charge in [-0.25, -0.2) is 10.4 Å². The van der Waals surface area contributed by atoms with Gasteiger partial charge < -0.3 is 4.74 Å². The molecule has 0 saturated heterocycles. The number of hydrogen-bond acceptors (Lipinski definition) is 6. The number of methoxy groups -OCH3 is 1. The summed E-state index contributed by atoms with van der Waals surface area (Å²) >= 11 is 6.40. The Morgan fingerprint density at radius 2 is 2.24 bits per heavy atom. The van der Waals surface area contributed by atoms with E-state index in [-0.39, 0.29) is 11.7 Å². The summed E-state index contributed by atoms with van der Waals surface area (Å²) in [6, 6.07) is 13.5. The van der Waals surface area contributed by atoms with E-state index in [4.69, 9.17) is 4.74 Å². The molecule has 3 aromatic rings. The monoisotopic (exact) mass is 435 g/mol. The molecule has 0 aliphatic carbocycles. The van der Waals surface area contributed by atoms with E-state index in [1.807, 2.05) is 42.5 Å². The highest BCUT2D eigenvalue weighted by Crippen LogP contribution is 2.29. The Labute approximate surface area is 161 Å². The molecule has 0 spiro atoms. The average molecular weight is 436 g/mol. The number of amides is 1. The van der Waals surface area contributed by atoms with E-state index < -0.39 is 0 Å². The number of benzene rings is 2. The standard InChI is InChI=1S/C17H14BrN3O2S2/c1-23-14-7-6-11(8-12(14)18)9-19-21-16(22)10-24-17-20-13-4-2-3-5-15(13)25-17/h2-9H,10H2,1H3,(H,21,22). The van der Waals surface area contributed by atoms with E-state index in [9.17, 15) is 4.79 Å². The Hall–Kier alpha value is -1.90. The predicted octanol–water partition coefficient (Wildman–Crippen LogP) is 4.31. The van der Waals surface area contributed by atoms with E-state index in [1.165, 1.54) is 11.8 Å². The molecular formula is C17H14BrN3O2S2. The fourth-order valence-electron chi connectivity index (χ4n) is 2.01. The van der Waals surface area contributed by atoms with Gasteiger partial charge in [0.05, 0.1) is 33.8 Å². The van der Waals surface area contributed by atoms with Crippen LogP contribution >= 0.6 is 39.0 Å². The minimum atomic E-state index is -0.173. The zero-order valence-electron chi connectivity index (χ0n) is 13.2. The topological polar surface area (TPSA) is 63.6 Å². The van der Waals surface area contributed by atoms with Gasteiger partial charge in [0, 0.05) is 0 Å². The zero-order chi connectivity index (χ0) is 17.6. The fraction of sp³-hybridized carbons (Fsp3) is 0.118. The summed E-state index contributed by atoms with van der Waals surface area (Å²) in [5.74, 6) is 0.838. The van der Waals surface area contributed by atoms with Crippen LogP contribution in [-0.2, 0) is 4.79 Å². The molecule has 3 rings (SSSR count). The van der Waals surface area contributed by atoms with Crippen LogP contribution in [0.2, 0.25) is 0 Å². The molecule has 1 amide bonds. The number of para-hydroxylation sites is 1. The summed E-state index contributed by atoms with van der Waals surface area (Å²) in [6.45, 7) is 0. The minimum absolute atomic E-state index is 0.173. The second kappa shape index (κ2) is 8.46. The van der Waals surface area contributed by atoms with E-state index in [2.05, 4.69) is 31.4 Å². The van der Waals surface area contributed by atoms with Crippen molar-refractivity contribution in [2.45, 2.75) is 4.34 Å². The highest BCUT2D eigenvalue weighted by atomic mass is 79.9. The van der Waals surface area contributed by atoms with Crippen molar-refractivity contribution in [3.05, 3.63) is 52.5 Å². The molecule has 0 aliphatic heterocycles. The van der Waals surface area contributed by atoms with Gasteiger partial charge in [-0.2, -0.15) is 5.10 Å². The van der Waals surface area contributed by atoms with Crippen LogP contribution in [0.4, 0.5) is 0 Å². The van der Waals surface area contributed by atoms with Crippen LogP contribution in [0.1, 0.15) is 5.56 Å². The number of carbonyl (C=O) groups excluding carboxylic acids is 1. The van der Waals surface area contributed by atoms with Gasteiger partial charge in [0.2, 0.25) is 0 Å². The van der Waals surface area contributed by atoms with Crippen LogP contribution in [0.25, 0.3) is 10.2 Å². The van der Waals surface area contributed by atoms with Crippen molar-refractivity contribution >= 4 is 61.4 Å². The second-order valence-corrected chi connectivity index (χ2v) is 8.03. The molecular weight excluding hydrogens is 422 g/mol. The lowest BCUT2D eigenvalue weighted by Gasteiger charge is -2.03. The first kappa shape index (κ1) is 17.9. The molecule has 0 radical (unpaired) electrons. The number of halogens is 1. The first-order valence-electron chi connectivity index (χ1n) is 7.29. The maximum atomic E-state index is 11.9. The van der Waals surface area contributed by atoms with Crippen LogP contribution in [0.5, 0.6) is 5.75 Å². The maximum Gasteiger partial charge on any atom is 0.250 e. The lowest BCUT2D eigenvalue weighted by molar-refractivity contribution is -0.118. The maximum absolute atomic E-state index is 11.9. The molecule has 0 fully saturated rings. The Kier molecular flexibility index (Phi) is 6.06.